The maximum atomic E-state index is 5.67. The highest BCUT2D eigenvalue weighted by atomic mass is 79.9. The van der Waals surface area contributed by atoms with Crippen LogP contribution < -0.4 is 10.2 Å². The van der Waals surface area contributed by atoms with Gasteiger partial charge in [-0.05, 0) is 46.4 Å². The van der Waals surface area contributed by atoms with Gasteiger partial charge in [0.2, 0.25) is 5.89 Å². The Bertz CT molecular complexity index is 527. The summed E-state index contributed by atoms with van der Waals surface area (Å²) in [6.07, 6.45) is 0. The van der Waals surface area contributed by atoms with Gasteiger partial charge in [0.1, 0.15) is 0 Å². The van der Waals surface area contributed by atoms with Gasteiger partial charge in [0, 0.05) is 13.6 Å². The second-order valence-corrected chi connectivity index (χ2v) is 6.61. The van der Waals surface area contributed by atoms with Crippen LogP contribution >= 0.6 is 27.3 Å². The smallest absolute Gasteiger partial charge is 0.318 e. The van der Waals surface area contributed by atoms with Crippen molar-refractivity contribution in [3.05, 3.63) is 26.7 Å². The van der Waals surface area contributed by atoms with Gasteiger partial charge in [0.15, 0.2) is 0 Å². The van der Waals surface area contributed by atoms with Crippen LogP contribution in [0, 0.1) is 0 Å². The molecule has 1 N–H and O–H groups in total. The first-order chi connectivity index (χ1) is 9.10. The number of nitrogens with one attached hydrogen (secondary N) is 1. The van der Waals surface area contributed by atoms with Crippen molar-refractivity contribution in [2.24, 2.45) is 0 Å². The number of thiophene rings is 1. The molecule has 0 amide bonds. The molecular formula is C12H17BrN4OS. The van der Waals surface area contributed by atoms with Gasteiger partial charge in [-0.3, -0.25) is 0 Å². The SMILES string of the molecule is CCNC(C)c1nnc(N(C)Cc2csc(Br)c2)o1. The lowest BCUT2D eigenvalue weighted by molar-refractivity contribution is 0.421. The van der Waals surface area contributed by atoms with Gasteiger partial charge in [0.25, 0.3) is 0 Å². The van der Waals surface area contributed by atoms with Crippen molar-refractivity contribution in [2.75, 3.05) is 18.5 Å². The molecule has 0 aliphatic rings. The third-order valence-corrected chi connectivity index (χ3v) is 4.23. The Kier molecular flexibility index (Phi) is 4.95. The van der Waals surface area contributed by atoms with Crippen molar-refractivity contribution in [3.63, 3.8) is 0 Å². The van der Waals surface area contributed by atoms with Crippen LogP contribution in [0.15, 0.2) is 19.6 Å². The Morgan fingerprint density at radius 1 is 1.53 bits per heavy atom. The van der Waals surface area contributed by atoms with E-state index >= 15 is 0 Å². The first-order valence-electron chi connectivity index (χ1n) is 6.11. The van der Waals surface area contributed by atoms with Gasteiger partial charge in [-0.15, -0.1) is 16.4 Å². The highest BCUT2D eigenvalue weighted by Gasteiger charge is 2.15. The summed E-state index contributed by atoms with van der Waals surface area (Å²) in [6.45, 7) is 5.68. The Labute approximate surface area is 125 Å². The molecule has 0 fully saturated rings. The molecule has 2 rings (SSSR count). The fourth-order valence-corrected chi connectivity index (χ4v) is 2.92. The molecule has 0 aliphatic carbocycles. The first kappa shape index (κ1) is 14.5. The predicted octanol–water partition coefficient (Wildman–Crippen LogP) is 3.20. The van der Waals surface area contributed by atoms with E-state index in [1.165, 1.54) is 5.56 Å². The summed E-state index contributed by atoms with van der Waals surface area (Å²) >= 11 is 5.13. The second kappa shape index (κ2) is 6.49. The molecular weight excluding hydrogens is 328 g/mol. The summed E-state index contributed by atoms with van der Waals surface area (Å²) in [5, 5.41) is 13.5. The minimum atomic E-state index is 0.0786. The summed E-state index contributed by atoms with van der Waals surface area (Å²) in [4.78, 5) is 1.95. The molecule has 0 aromatic carbocycles. The third-order valence-electron chi connectivity index (χ3n) is 2.68. The fraction of sp³-hybridized carbons (Fsp3) is 0.500. The molecule has 1 atom stereocenters. The lowest BCUT2D eigenvalue weighted by Gasteiger charge is -2.12. The summed E-state index contributed by atoms with van der Waals surface area (Å²) in [6, 6.07) is 2.72. The molecule has 0 bridgehead atoms. The molecule has 0 saturated heterocycles. The van der Waals surface area contributed by atoms with E-state index in [4.69, 9.17) is 4.42 Å². The zero-order valence-electron chi connectivity index (χ0n) is 11.2. The maximum Gasteiger partial charge on any atom is 0.318 e. The Morgan fingerprint density at radius 2 is 2.32 bits per heavy atom. The van der Waals surface area contributed by atoms with E-state index in [-0.39, 0.29) is 6.04 Å². The number of hydrogen-bond acceptors (Lipinski definition) is 6. The van der Waals surface area contributed by atoms with Gasteiger partial charge in [-0.25, -0.2) is 0 Å². The number of hydrogen-bond donors (Lipinski definition) is 1. The van der Waals surface area contributed by atoms with Crippen molar-refractivity contribution in [2.45, 2.75) is 26.4 Å². The molecule has 0 radical (unpaired) electrons. The lowest BCUT2D eigenvalue weighted by Crippen LogP contribution is -2.18. The first-order valence-corrected chi connectivity index (χ1v) is 7.78. The van der Waals surface area contributed by atoms with E-state index in [2.05, 4.69) is 42.9 Å². The average Bonchev–Trinajstić information content (AvgIpc) is 2.98. The van der Waals surface area contributed by atoms with Crippen molar-refractivity contribution >= 4 is 33.3 Å². The van der Waals surface area contributed by atoms with Crippen LogP contribution in [0.1, 0.15) is 31.3 Å². The lowest BCUT2D eigenvalue weighted by atomic mass is 10.3. The van der Waals surface area contributed by atoms with Crippen molar-refractivity contribution in [3.8, 4) is 0 Å². The van der Waals surface area contributed by atoms with E-state index in [1.807, 2.05) is 25.8 Å². The summed E-state index contributed by atoms with van der Waals surface area (Å²) in [5.41, 5.74) is 1.22. The molecule has 0 saturated carbocycles. The van der Waals surface area contributed by atoms with Crippen LogP contribution in [0.25, 0.3) is 0 Å². The van der Waals surface area contributed by atoms with Crippen molar-refractivity contribution in [1.29, 1.82) is 0 Å². The number of nitrogens with zero attached hydrogens (tertiary/aromatic N) is 3. The summed E-state index contributed by atoms with van der Waals surface area (Å²) in [5.74, 6) is 0.621. The third kappa shape index (κ3) is 3.77. The van der Waals surface area contributed by atoms with Crippen LogP contribution in [0.2, 0.25) is 0 Å². The van der Waals surface area contributed by atoms with E-state index in [1.54, 1.807) is 11.3 Å². The Balaban J connectivity index is 2.01. The molecule has 2 heterocycles. The zero-order chi connectivity index (χ0) is 13.8. The highest BCUT2D eigenvalue weighted by Crippen LogP contribution is 2.23. The standard InChI is InChI=1S/C12H17BrN4OS/c1-4-14-8(2)11-15-16-12(18-11)17(3)6-9-5-10(13)19-7-9/h5,7-8,14H,4,6H2,1-3H3. The number of rotatable bonds is 6. The molecule has 0 spiro atoms. The van der Waals surface area contributed by atoms with Crippen molar-refractivity contribution in [1.82, 2.24) is 15.5 Å². The molecule has 1 unspecified atom stereocenters. The molecule has 0 aliphatic heterocycles. The molecule has 19 heavy (non-hydrogen) atoms. The maximum absolute atomic E-state index is 5.67. The van der Waals surface area contributed by atoms with Crippen LogP contribution in [-0.4, -0.2) is 23.8 Å². The van der Waals surface area contributed by atoms with Gasteiger partial charge in [-0.2, -0.15) is 0 Å². The topological polar surface area (TPSA) is 54.2 Å². The normalized spacial score (nSPS) is 12.6. The fourth-order valence-electron chi connectivity index (χ4n) is 1.72. The van der Waals surface area contributed by atoms with Gasteiger partial charge in [-0.1, -0.05) is 12.0 Å². The Hall–Kier alpha value is -0.920. The van der Waals surface area contributed by atoms with Crippen LogP contribution in [0.4, 0.5) is 6.01 Å². The highest BCUT2D eigenvalue weighted by molar-refractivity contribution is 9.11. The quantitative estimate of drug-likeness (QED) is 0.871. The predicted molar refractivity (Wildman–Crippen MR) is 80.5 cm³/mol. The minimum absolute atomic E-state index is 0.0786. The van der Waals surface area contributed by atoms with E-state index < -0.39 is 0 Å². The number of aromatic nitrogens is 2. The monoisotopic (exact) mass is 344 g/mol. The molecule has 104 valence electrons. The zero-order valence-corrected chi connectivity index (χ0v) is 13.6. The largest absolute Gasteiger partial charge is 0.406 e. The molecule has 7 heteroatoms. The van der Waals surface area contributed by atoms with E-state index in [0.29, 0.717) is 11.9 Å². The summed E-state index contributed by atoms with van der Waals surface area (Å²) < 4.78 is 6.80. The van der Waals surface area contributed by atoms with Crippen LogP contribution in [-0.2, 0) is 6.54 Å². The van der Waals surface area contributed by atoms with Gasteiger partial charge >= 0.3 is 6.01 Å². The Morgan fingerprint density at radius 3 is 2.95 bits per heavy atom. The second-order valence-electron chi connectivity index (χ2n) is 4.32. The van der Waals surface area contributed by atoms with Crippen LogP contribution in [0.3, 0.4) is 0 Å². The van der Waals surface area contributed by atoms with Crippen LogP contribution in [0.5, 0.6) is 0 Å². The number of halogens is 1. The molecule has 2 aromatic heterocycles. The van der Waals surface area contributed by atoms with Gasteiger partial charge in [0.05, 0.1) is 9.83 Å². The number of anilines is 1. The van der Waals surface area contributed by atoms with E-state index in [0.717, 1.165) is 16.9 Å². The van der Waals surface area contributed by atoms with Gasteiger partial charge < -0.3 is 14.6 Å². The average molecular weight is 345 g/mol. The molecule has 2 aromatic rings. The summed E-state index contributed by atoms with van der Waals surface area (Å²) in [7, 11) is 1.95. The van der Waals surface area contributed by atoms with Crippen molar-refractivity contribution < 1.29 is 4.42 Å². The van der Waals surface area contributed by atoms with E-state index in [9.17, 15) is 0 Å². The minimum Gasteiger partial charge on any atom is -0.406 e. The molecule has 5 nitrogen and oxygen atoms in total.